The highest BCUT2D eigenvalue weighted by Gasteiger charge is 2.04. The van der Waals surface area contributed by atoms with Gasteiger partial charge < -0.3 is 11.5 Å². The van der Waals surface area contributed by atoms with Crippen LogP contribution >= 0.6 is 0 Å². The van der Waals surface area contributed by atoms with Crippen molar-refractivity contribution in [3.8, 4) is 0 Å². The van der Waals surface area contributed by atoms with Crippen LogP contribution in [0.3, 0.4) is 0 Å². The van der Waals surface area contributed by atoms with Crippen molar-refractivity contribution < 1.29 is 0 Å². The molecular formula is C11H16N2. The molecule has 0 fully saturated rings. The van der Waals surface area contributed by atoms with Crippen LogP contribution in [0.2, 0.25) is 0 Å². The first kappa shape index (κ1) is 9.65. The normalized spacial score (nSPS) is 10.0. The van der Waals surface area contributed by atoms with Crippen molar-refractivity contribution in [1.82, 2.24) is 0 Å². The molecule has 0 spiro atoms. The molecular weight excluding hydrogens is 160 g/mol. The quantitative estimate of drug-likeness (QED) is 0.680. The molecule has 0 amide bonds. The first-order valence-corrected chi connectivity index (χ1v) is 4.40. The Morgan fingerprint density at radius 2 is 1.92 bits per heavy atom. The van der Waals surface area contributed by atoms with E-state index < -0.39 is 0 Å². The molecule has 1 aromatic rings. The lowest BCUT2D eigenvalue weighted by Crippen LogP contribution is -1.99. The molecule has 2 heteroatoms. The van der Waals surface area contributed by atoms with Crippen LogP contribution in [0.15, 0.2) is 18.7 Å². The maximum Gasteiger partial charge on any atom is 0.0410 e. The molecule has 0 aromatic heterocycles. The summed E-state index contributed by atoms with van der Waals surface area (Å²) in [6.45, 7) is 7.89. The van der Waals surface area contributed by atoms with Gasteiger partial charge in [-0.25, -0.2) is 0 Å². The number of hydrogen-bond donors (Lipinski definition) is 2. The smallest absolute Gasteiger partial charge is 0.0410 e. The minimum atomic E-state index is 0.710. The Kier molecular flexibility index (Phi) is 2.61. The predicted octanol–water partition coefficient (Wildman–Crippen LogP) is 2.45. The first-order valence-electron chi connectivity index (χ1n) is 4.40. The van der Waals surface area contributed by atoms with Gasteiger partial charge in [0, 0.05) is 16.9 Å². The number of aryl methyl sites for hydroxylation is 1. The number of nitrogen functional groups attached to an aromatic ring is 2. The van der Waals surface area contributed by atoms with Crippen molar-refractivity contribution in [1.29, 1.82) is 0 Å². The maximum absolute atomic E-state index is 5.81. The summed E-state index contributed by atoms with van der Waals surface area (Å²) >= 11 is 0. The molecule has 0 aliphatic heterocycles. The number of nitrogens with two attached hydrogens (primary N) is 2. The molecule has 0 unspecified atom stereocenters. The number of hydrogen-bond acceptors (Lipinski definition) is 2. The van der Waals surface area contributed by atoms with E-state index in [4.69, 9.17) is 11.5 Å². The second kappa shape index (κ2) is 3.52. The zero-order chi connectivity index (χ0) is 10.0. The van der Waals surface area contributed by atoms with Gasteiger partial charge in [-0.05, 0) is 36.6 Å². The third-order valence-electron chi connectivity index (χ3n) is 2.15. The number of benzene rings is 1. The van der Waals surface area contributed by atoms with Crippen LogP contribution in [0.1, 0.15) is 25.0 Å². The van der Waals surface area contributed by atoms with E-state index in [-0.39, 0.29) is 0 Å². The van der Waals surface area contributed by atoms with Crippen LogP contribution in [0.25, 0.3) is 5.57 Å². The van der Waals surface area contributed by atoms with E-state index in [1.165, 1.54) is 0 Å². The fraction of sp³-hybridized carbons (Fsp3) is 0.273. The van der Waals surface area contributed by atoms with Gasteiger partial charge in [0.25, 0.3) is 0 Å². The topological polar surface area (TPSA) is 52.0 Å². The monoisotopic (exact) mass is 176 g/mol. The molecule has 1 rings (SSSR count). The summed E-state index contributed by atoms with van der Waals surface area (Å²) < 4.78 is 0. The van der Waals surface area contributed by atoms with E-state index in [2.05, 4.69) is 13.5 Å². The van der Waals surface area contributed by atoms with Crippen molar-refractivity contribution in [2.24, 2.45) is 0 Å². The fourth-order valence-corrected chi connectivity index (χ4v) is 1.35. The second-order valence-electron chi connectivity index (χ2n) is 3.27. The minimum absolute atomic E-state index is 0.710. The van der Waals surface area contributed by atoms with Crippen LogP contribution in [-0.2, 0) is 6.42 Å². The van der Waals surface area contributed by atoms with E-state index in [0.717, 1.165) is 28.8 Å². The zero-order valence-corrected chi connectivity index (χ0v) is 8.22. The van der Waals surface area contributed by atoms with Gasteiger partial charge in [-0.2, -0.15) is 0 Å². The summed E-state index contributed by atoms with van der Waals surface area (Å²) in [6.07, 6.45) is 0.923. The minimum Gasteiger partial charge on any atom is -0.398 e. The van der Waals surface area contributed by atoms with Gasteiger partial charge in [-0.3, -0.25) is 0 Å². The molecule has 13 heavy (non-hydrogen) atoms. The first-order chi connectivity index (χ1) is 6.06. The van der Waals surface area contributed by atoms with Crippen molar-refractivity contribution in [3.63, 3.8) is 0 Å². The van der Waals surface area contributed by atoms with Gasteiger partial charge in [0.05, 0.1) is 0 Å². The summed E-state index contributed by atoms with van der Waals surface area (Å²) in [5.74, 6) is 0. The molecule has 0 aliphatic carbocycles. The van der Waals surface area contributed by atoms with Crippen LogP contribution in [-0.4, -0.2) is 0 Å². The highest BCUT2D eigenvalue weighted by Crippen LogP contribution is 2.26. The Labute approximate surface area is 79.2 Å². The van der Waals surface area contributed by atoms with E-state index in [9.17, 15) is 0 Å². The average molecular weight is 176 g/mol. The van der Waals surface area contributed by atoms with E-state index >= 15 is 0 Å². The van der Waals surface area contributed by atoms with Crippen molar-refractivity contribution >= 4 is 16.9 Å². The van der Waals surface area contributed by atoms with Crippen LogP contribution in [0.5, 0.6) is 0 Å². The largest absolute Gasteiger partial charge is 0.398 e. The van der Waals surface area contributed by atoms with Gasteiger partial charge in [0.2, 0.25) is 0 Å². The summed E-state index contributed by atoms with van der Waals surface area (Å²) in [5.41, 5.74) is 16.2. The Morgan fingerprint density at radius 1 is 1.31 bits per heavy atom. The Hall–Kier alpha value is -1.44. The summed E-state index contributed by atoms with van der Waals surface area (Å²) in [6, 6.07) is 3.83. The maximum atomic E-state index is 5.81. The van der Waals surface area contributed by atoms with Crippen LogP contribution < -0.4 is 11.5 Å². The summed E-state index contributed by atoms with van der Waals surface area (Å²) in [5, 5.41) is 0. The van der Waals surface area contributed by atoms with Gasteiger partial charge >= 0.3 is 0 Å². The van der Waals surface area contributed by atoms with Crippen molar-refractivity contribution in [2.45, 2.75) is 20.3 Å². The molecule has 0 bridgehead atoms. The number of rotatable bonds is 2. The molecule has 4 N–H and O–H groups in total. The lowest BCUT2D eigenvalue weighted by molar-refractivity contribution is 1.14. The van der Waals surface area contributed by atoms with Gasteiger partial charge in [-0.15, -0.1) is 0 Å². The highest BCUT2D eigenvalue weighted by molar-refractivity contribution is 5.76. The van der Waals surface area contributed by atoms with E-state index in [0.29, 0.717) is 5.69 Å². The molecule has 0 atom stereocenters. The van der Waals surface area contributed by atoms with Gasteiger partial charge in [-0.1, -0.05) is 13.5 Å². The fourth-order valence-electron chi connectivity index (χ4n) is 1.35. The Balaban J connectivity index is 3.30. The van der Waals surface area contributed by atoms with Crippen LogP contribution in [0, 0.1) is 0 Å². The average Bonchev–Trinajstić information content (AvgIpc) is 2.03. The Bertz CT molecular complexity index is 340. The second-order valence-corrected chi connectivity index (χ2v) is 3.27. The SMILES string of the molecule is C=C(C)c1cc(CC)c(N)cc1N. The molecule has 1 aromatic carbocycles. The number of anilines is 2. The van der Waals surface area contributed by atoms with Crippen molar-refractivity contribution in [2.75, 3.05) is 11.5 Å². The lowest BCUT2D eigenvalue weighted by Gasteiger charge is -2.10. The molecule has 2 nitrogen and oxygen atoms in total. The summed E-state index contributed by atoms with van der Waals surface area (Å²) in [7, 11) is 0. The highest BCUT2D eigenvalue weighted by atomic mass is 14.6. The molecule has 70 valence electrons. The van der Waals surface area contributed by atoms with Gasteiger partial charge in [0.1, 0.15) is 0 Å². The molecule has 0 saturated heterocycles. The number of allylic oxidation sites excluding steroid dienone is 1. The van der Waals surface area contributed by atoms with E-state index in [1.54, 1.807) is 0 Å². The third-order valence-corrected chi connectivity index (χ3v) is 2.15. The van der Waals surface area contributed by atoms with E-state index in [1.807, 2.05) is 19.1 Å². The van der Waals surface area contributed by atoms with Gasteiger partial charge in [0.15, 0.2) is 0 Å². The predicted molar refractivity (Wildman–Crippen MR) is 59.4 cm³/mol. The molecule has 0 radical (unpaired) electrons. The standard InChI is InChI=1S/C11H16N2/c1-4-8-5-9(7(2)3)11(13)6-10(8)12/h5-6H,2,4,12-13H2,1,3H3. The van der Waals surface area contributed by atoms with Crippen molar-refractivity contribution in [3.05, 3.63) is 29.8 Å². The summed E-state index contributed by atoms with van der Waals surface area (Å²) in [4.78, 5) is 0. The van der Waals surface area contributed by atoms with Crippen LogP contribution in [0.4, 0.5) is 11.4 Å². The molecule has 0 heterocycles. The lowest BCUT2D eigenvalue weighted by atomic mass is 10.0. The molecule has 0 aliphatic rings. The third kappa shape index (κ3) is 1.83. The Morgan fingerprint density at radius 3 is 2.38 bits per heavy atom. The zero-order valence-electron chi connectivity index (χ0n) is 8.22. The molecule has 0 saturated carbocycles.